The Balaban J connectivity index is 1.47. The number of rotatable bonds is 4. The highest BCUT2D eigenvalue weighted by molar-refractivity contribution is 9.12. The molecule has 1 fully saturated rings. The highest BCUT2D eigenvalue weighted by atomic mass is 79.9. The van der Waals surface area contributed by atoms with E-state index in [2.05, 4.69) is 22.5 Å². The average Bonchev–Trinajstić information content (AvgIpc) is 3.20. The van der Waals surface area contributed by atoms with E-state index in [4.69, 9.17) is 4.74 Å². The highest BCUT2D eigenvalue weighted by Gasteiger charge is 2.56. The lowest BCUT2D eigenvalue weighted by atomic mass is 9.59. The first-order chi connectivity index (χ1) is 18.7. The number of hydrogen-bond donors (Lipinski definition) is 1. The molecule has 0 unspecified atom stereocenters. The van der Waals surface area contributed by atoms with Gasteiger partial charge in [-0.25, -0.2) is 0 Å². The van der Waals surface area contributed by atoms with Crippen LogP contribution in [0.4, 0.5) is 5.69 Å². The lowest BCUT2D eigenvalue weighted by Crippen LogP contribution is -2.39. The number of allylic oxidation sites excluding steroid dienone is 6. The number of carbonyl (C=O) groups excluding carboxylic acids is 4. The molecule has 39 heavy (non-hydrogen) atoms. The topological polar surface area (TPSA) is 101 Å². The van der Waals surface area contributed by atoms with Crippen molar-refractivity contribution in [1.82, 2.24) is 0 Å². The number of ether oxygens (including phenoxy) is 1. The van der Waals surface area contributed by atoms with E-state index in [9.17, 15) is 24.3 Å². The molecule has 4 atom stereocenters. The number of fused-ring (bicyclic) bond motifs is 3. The zero-order chi connectivity index (χ0) is 27.6. The number of methoxy groups -OCH3 is 1. The van der Waals surface area contributed by atoms with Crippen LogP contribution in [-0.4, -0.2) is 35.6 Å². The first kappa shape index (κ1) is 25.2. The van der Waals surface area contributed by atoms with Gasteiger partial charge in [-0.2, -0.15) is 0 Å². The average molecular weight is 586 g/mol. The number of phenols is 1. The summed E-state index contributed by atoms with van der Waals surface area (Å²) in [7, 11) is 1.45. The minimum absolute atomic E-state index is 0.0962. The van der Waals surface area contributed by atoms with Gasteiger partial charge in [0.2, 0.25) is 11.8 Å². The quantitative estimate of drug-likeness (QED) is 0.307. The van der Waals surface area contributed by atoms with Gasteiger partial charge in [0.25, 0.3) is 0 Å². The van der Waals surface area contributed by atoms with E-state index >= 15 is 0 Å². The zero-order valence-corrected chi connectivity index (χ0v) is 22.6. The number of nitrogens with zero attached hydrogens (tertiary/aromatic N) is 1. The van der Waals surface area contributed by atoms with Gasteiger partial charge in [-0.3, -0.25) is 24.1 Å². The molecule has 0 bridgehead atoms. The van der Waals surface area contributed by atoms with Crippen LogP contribution in [0.15, 0.2) is 82.4 Å². The molecule has 1 aliphatic heterocycles. The Morgan fingerprint density at radius 3 is 2.46 bits per heavy atom. The Labute approximate surface area is 233 Å². The van der Waals surface area contributed by atoms with Crippen LogP contribution < -0.4 is 9.64 Å². The second-order valence-electron chi connectivity index (χ2n) is 10.1. The van der Waals surface area contributed by atoms with Crippen molar-refractivity contribution in [2.75, 3.05) is 12.0 Å². The van der Waals surface area contributed by atoms with Crippen molar-refractivity contribution in [1.29, 1.82) is 0 Å². The van der Waals surface area contributed by atoms with Crippen LogP contribution in [-0.2, 0) is 19.2 Å². The number of halogens is 1. The van der Waals surface area contributed by atoms with E-state index in [0.29, 0.717) is 28.8 Å². The SMILES string of the molecule is C=Cc1ccc(N2C(=O)[C@H]3[C@H](CC=C4[C@H](c5ccc(OC)c(O)c5)C5=C(C[C@H]43)C(=O)C(Br)=CC5=O)C2=O)cc1. The predicted octanol–water partition coefficient (Wildman–Crippen LogP) is 5.01. The fourth-order valence-electron chi connectivity index (χ4n) is 6.49. The maximum atomic E-state index is 13.9. The molecule has 6 rings (SSSR count). The Kier molecular flexibility index (Phi) is 6.03. The number of benzene rings is 2. The largest absolute Gasteiger partial charge is 0.504 e. The fraction of sp³-hybridized carbons (Fsp3) is 0.226. The first-order valence-corrected chi connectivity index (χ1v) is 13.4. The smallest absolute Gasteiger partial charge is 0.238 e. The molecule has 0 aromatic heterocycles. The highest BCUT2D eigenvalue weighted by Crippen LogP contribution is 2.56. The van der Waals surface area contributed by atoms with Crippen LogP contribution in [0.3, 0.4) is 0 Å². The Bertz CT molecular complexity index is 1580. The molecule has 2 amide bonds. The van der Waals surface area contributed by atoms with Gasteiger partial charge in [-0.1, -0.05) is 42.5 Å². The summed E-state index contributed by atoms with van der Waals surface area (Å²) in [4.78, 5) is 55.4. The van der Waals surface area contributed by atoms with Gasteiger partial charge < -0.3 is 9.84 Å². The minimum Gasteiger partial charge on any atom is -0.504 e. The van der Waals surface area contributed by atoms with Crippen LogP contribution in [0.5, 0.6) is 11.5 Å². The summed E-state index contributed by atoms with van der Waals surface area (Å²) in [5.41, 5.74) is 3.48. The summed E-state index contributed by atoms with van der Waals surface area (Å²) < 4.78 is 5.36. The monoisotopic (exact) mass is 585 g/mol. The van der Waals surface area contributed by atoms with Gasteiger partial charge in [0.05, 0.1) is 29.1 Å². The van der Waals surface area contributed by atoms with Gasteiger partial charge in [0.1, 0.15) is 0 Å². The number of aromatic hydroxyl groups is 1. The summed E-state index contributed by atoms with van der Waals surface area (Å²) in [5.74, 6) is -3.33. The van der Waals surface area contributed by atoms with Gasteiger partial charge >= 0.3 is 0 Å². The summed E-state index contributed by atoms with van der Waals surface area (Å²) >= 11 is 3.23. The van der Waals surface area contributed by atoms with Crippen LogP contribution in [0.1, 0.15) is 29.9 Å². The maximum absolute atomic E-state index is 13.9. The molecule has 3 aliphatic carbocycles. The molecule has 4 aliphatic rings. The normalized spacial score (nSPS) is 26.1. The molecule has 196 valence electrons. The third kappa shape index (κ3) is 3.77. The molecular formula is C31H24BrNO6. The third-order valence-corrected chi connectivity index (χ3v) is 8.84. The van der Waals surface area contributed by atoms with Crippen LogP contribution in [0.25, 0.3) is 6.08 Å². The fourth-order valence-corrected chi connectivity index (χ4v) is 6.93. The summed E-state index contributed by atoms with van der Waals surface area (Å²) in [6.45, 7) is 3.75. The number of phenolic OH excluding ortho intramolecular Hbond substituents is 1. The molecule has 2 aromatic carbocycles. The van der Waals surface area contributed by atoms with E-state index in [1.54, 1.807) is 42.5 Å². The zero-order valence-electron chi connectivity index (χ0n) is 21.0. The van der Waals surface area contributed by atoms with E-state index in [-0.39, 0.29) is 45.8 Å². The van der Waals surface area contributed by atoms with Crippen LogP contribution >= 0.6 is 15.9 Å². The molecule has 2 aromatic rings. The second kappa shape index (κ2) is 9.31. The van der Waals surface area contributed by atoms with Crippen molar-refractivity contribution < 1.29 is 29.0 Å². The molecule has 7 nitrogen and oxygen atoms in total. The number of anilines is 1. The number of imide groups is 1. The van der Waals surface area contributed by atoms with E-state index in [1.165, 1.54) is 24.2 Å². The lowest BCUT2D eigenvalue weighted by molar-refractivity contribution is -0.123. The van der Waals surface area contributed by atoms with E-state index in [0.717, 1.165) is 11.1 Å². The van der Waals surface area contributed by atoms with Crippen LogP contribution in [0, 0.1) is 17.8 Å². The van der Waals surface area contributed by atoms with Gasteiger partial charge in [0.15, 0.2) is 23.1 Å². The van der Waals surface area contributed by atoms with Gasteiger partial charge in [-0.15, -0.1) is 0 Å². The Hall–Kier alpha value is -4.04. The molecular weight excluding hydrogens is 562 g/mol. The molecule has 8 heteroatoms. The standard InChI is InChI=1S/C31H24BrNO6/c1-3-15-4-7-17(8-5-15)33-30(37)19-10-9-18-20(27(19)31(33)38)13-21-28(24(35)14-22(32)29(21)36)26(18)16-6-11-25(39-2)23(34)12-16/h3-9,11-12,14,19-20,26-27,34H,1,10,13H2,2H3/t19-,20+,26-,27-/m0/s1. The first-order valence-electron chi connectivity index (χ1n) is 12.6. The van der Waals surface area contributed by atoms with Crippen molar-refractivity contribution in [2.45, 2.75) is 18.8 Å². The van der Waals surface area contributed by atoms with Crippen LogP contribution in [0.2, 0.25) is 0 Å². The molecule has 0 saturated carbocycles. The van der Waals surface area contributed by atoms with Crippen molar-refractivity contribution in [3.63, 3.8) is 0 Å². The summed E-state index contributed by atoms with van der Waals surface area (Å²) in [5, 5.41) is 10.6. The molecule has 0 spiro atoms. The van der Waals surface area contributed by atoms with E-state index < -0.39 is 23.7 Å². The minimum atomic E-state index is -0.674. The van der Waals surface area contributed by atoms with Gasteiger partial charge in [0, 0.05) is 23.1 Å². The molecule has 1 N–H and O–H groups in total. The number of amides is 2. The number of ketones is 2. The summed E-state index contributed by atoms with van der Waals surface area (Å²) in [6.07, 6.45) is 5.43. The Morgan fingerprint density at radius 1 is 1.05 bits per heavy atom. The van der Waals surface area contributed by atoms with E-state index in [1.807, 2.05) is 6.08 Å². The van der Waals surface area contributed by atoms with Gasteiger partial charge in [-0.05, 0) is 70.1 Å². The van der Waals surface area contributed by atoms with Crippen molar-refractivity contribution >= 4 is 51.1 Å². The number of Topliss-reactive ketones (excluding diaryl/α,β-unsaturated/α-hetero) is 1. The number of hydrogen-bond acceptors (Lipinski definition) is 6. The molecule has 1 heterocycles. The lowest BCUT2D eigenvalue weighted by Gasteiger charge is -2.42. The summed E-state index contributed by atoms with van der Waals surface area (Å²) in [6, 6.07) is 12.0. The Morgan fingerprint density at radius 2 is 1.79 bits per heavy atom. The van der Waals surface area contributed by atoms with Crippen molar-refractivity contribution in [3.8, 4) is 11.5 Å². The molecule has 0 radical (unpaired) electrons. The maximum Gasteiger partial charge on any atom is 0.238 e. The number of carbonyl (C=O) groups is 4. The molecule has 1 saturated heterocycles. The van der Waals surface area contributed by atoms with Crippen molar-refractivity contribution in [3.05, 3.63) is 93.5 Å². The third-order valence-electron chi connectivity index (χ3n) is 8.25. The van der Waals surface area contributed by atoms with Crippen molar-refractivity contribution in [2.24, 2.45) is 17.8 Å². The predicted molar refractivity (Wildman–Crippen MR) is 148 cm³/mol. The second-order valence-corrected chi connectivity index (χ2v) is 11.0.